The first-order chi connectivity index (χ1) is 11.7. The monoisotopic (exact) mass is 328 g/mol. The van der Waals surface area contributed by atoms with Gasteiger partial charge in [-0.05, 0) is 38.3 Å². The fourth-order valence-electron chi connectivity index (χ4n) is 3.15. The summed E-state index contributed by atoms with van der Waals surface area (Å²) in [6.45, 7) is 7.49. The van der Waals surface area contributed by atoms with E-state index in [1.165, 1.54) is 0 Å². The van der Waals surface area contributed by atoms with Crippen LogP contribution in [0.1, 0.15) is 37.9 Å². The number of aromatic nitrogens is 3. The number of piperidine rings is 1. The van der Waals surface area contributed by atoms with Crippen molar-refractivity contribution in [2.24, 2.45) is 0 Å². The third-order valence-electron chi connectivity index (χ3n) is 4.55. The molecule has 0 bridgehead atoms. The molecule has 0 N–H and O–H groups in total. The number of hydrogen-bond donors (Lipinski definition) is 0. The van der Waals surface area contributed by atoms with Crippen molar-refractivity contribution in [1.82, 2.24) is 19.5 Å². The van der Waals surface area contributed by atoms with E-state index in [0.29, 0.717) is 12.5 Å². The van der Waals surface area contributed by atoms with Crippen molar-refractivity contribution in [2.45, 2.75) is 38.2 Å². The van der Waals surface area contributed by atoms with E-state index in [1.54, 1.807) is 6.08 Å². The highest BCUT2D eigenvalue weighted by Crippen LogP contribution is 2.27. The highest BCUT2D eigenvalue weighted by Gasteiger charge is 2.29. The van der Waals surface area contributed by atoms with Crippen LogP contribution in [0.5, 0.6) is 0 Å². The van der Waals surface area contributed by atoms with Crippen LogP contribution in [0.2, 0.25) is 0 Å². The summed E-state index contributed by atoms with van der Waals surface area (Å²) in [5.41, 5.74) is 0.871. The molecule has 24 heavy (non-hydrogen) atoms. The Hall–Kier alpha value is -2.21. The number of ether oxygens (including phenoxy) is 1. The maximum absolute atomic E-state index is 12.4. The summed E-state index contributed by atoms with van der Waals surface area (Å²) in [5, 5.41) is 8.57. The Labute approximate surface area is 142 Å². The van der Waals surface area contributed by atoms with E-state index >= 15 is 0 Å². The molecular formula is C18H24N4O2. The lowest BCUT2D eigenvalue weighted by Gasteiger charge is -2.32. The molecule has 1 fully saturated rings. The van der Waals surface area contributed by atoms with Crippen LogP contribution in [0, 0.1) is 0 Å². The van der Waals surface area contributed by atoms with Gasteiger partial charge in [-0.1, -0.05) is 12.1 Å². The van der Waals surface area contributed by atoms with Gasteiger partial charge in [0.2, 0.25) is 0 Å². The molecule has 0 spiro atoms. The Balaban J connectivity index is 1.57. The molecule has 1 aliphatic rings. The molecule has 6 heteroatoms. The van der Waals surface area contributed by atoms with Gasteiger partial charge in [-0.2, -0.15) is 0 Å². The number of rotatable bonds is 6. The van der Waals surface area contributed by atoms with Crippen molar-refractivity contribution in [3.63, 3.8) is 0 Å². The molecule has 0 aliphatic carbocycles. The molecular weight excluding hydrogens is 304 g/mol. The fourth-order valence-corrected chi connectivity index (χ4v) is 3.15. The number of pyridine rings is 1. The summed E-state index contributed by atoms with van der Waals surface area (Å²) in [7, 11) is 0. The molecule has 1 saturated heterocycles. The SMILES string of the molecule is C=CCCOC(C)C(=O)N1CCC(c2nnc3ccccn23)CC1. The quantitative estimate of drug-likeness (QED) is 0.603. The van der Waals surface area contributed by atoms with Crippen molar-refractivity contribution in [3.8, 4) is 0 Å². The minimum atomic E-state index is -0.393. The van der Waals surface area contributed by atoms with E-state index in [-0.39, 0.29) is 5.91 Å². The molecule has 1 atom stereocenters. The van der Waals surface area contributed by atoms with Gasteiger partial charge in [0.05, 0.1) is 6.61 Å². The number of carbonyl (C=O) groups excluding carboxylic acids is 1. The zero-order valence-corrected chi connectivity index (χ0v) is 14.1. The normalized spacial score (nSPS) is 17.1. The molecule has 3 heterocycles. The molecule has 3 rings (SSSR count). The topological polar surface area (TPSA) is 59.7 Å². The number of hydrogen-bond acceptors (Lipinski definition) is 4. The molecule has 1 aliphatic heterocycles. The van der Waals surface area contributed by atoms with Gasteiger partial charge >= 0.3 is 0 Å². The van der Waals surface area contributed by atoms with Gasteiger partial charge < -0.3 is 9.64 Å². The van der Waals surface area contributed by atoms with Gasteiger partial charge in [0, 0.05) is 25.2 Å². The number of carbonyl (C=O) groups is 1. The van der Waals surface area contributed by atoms with Crippen molar-refractivity contribution in [3.05, 3.63) is 42.9 Å². The van der Waals surface area contributed by atoms with Gasteiger partial charge in [-0.3, -0.25) is 9.20 Å². The van der Waals surface area contributed by atoms with E-state index in [1.807, 2.05) is 40.6 Å². The number of nitrogens with zero attached hydrogens (tertiary/aromatic N) is 4. The summed E-state index contributed by atoms with van der Waals surface area (Å²) in [5.74, 6) is 1.40. The molecule has 0 saturated carbocycles. The Morgan fingerprint density at radius 2 is 2.21 bits per heavy atom. The number of fused-ring (bicyclic) bond motifs is 1. The Morgan fingerprint density at radius 1 is 1.42 bits per heavy atom. The maximum Gasteiger partial charge on any atom is 0.251 e. The predicted molar refractivity (Wildman–Crippen MR) is 91.8 cm³/mol. The summed E-state index contributed by atoms with van der Waals surface area (Å²) < 4.78 is 7.61. The van der Waals surface area contributed by atoms with Crippen molar-refractivity contribution < 1.29 is 9.53 Å². The smallest absolute Gasteiger partial charge is 0.251 e. The molecule has 1 unspecified atom stereocenters. The summed E-state index contributed by atoms with van der Waals surface area (Å²) in [4.78, 5) is 14.3. The second-order valence-corrected chi connectivity index (χ2v) is 6.18. The van der Waals surface area contributed by atoms with Crippen LogP contribution in [0.25, 0.3) is 5.65 Å². The minimum Gasteiger partial charge on any atom is -0.368 e. The van der Waals surface area contributed by atoms with Gasteiger partial charge in [0.1, 0.15) is 11.9 Å². The summed E-state index contributed by atoms with van der Waals surface area (Å²) >= 11 is 0. The average molecular weight is 328 g/mol. The van der Waals surface area contributed by atoms with Crippen LogP contribution in [0.4, 0.5) is 0 Å². The Bertz CT molecular complexity index is 704. The van der Waals surface area contributed by atoms with Crippen LogP contribution in [0.3, 0.4) is 0 Å². The lowest BCUT2D eigenvalue weighted by atomic mass is 9.95. The van der Waals surface area contributed by atoms with E-state index in [2.05, 4.69) is 16.8 Å². The van der Waals surface area contributed by atoms with Crippen LogP contribution in [0.15, 0.2) is 37.1 Å². The standard InChI is InChI=1S/C18H24N4O2/c1-3-4-13-24-14(2)18(23)21-11-8-15(9-12-21)17-20-19-16-7-5-6-10-22(16)17/h3,5-7,10,14-15H,1,4,8-9,11-13H2,2H3. The summed E-state index contributed by atoms with van der Waals surface area (Å²) in [6.07, 6.45) is 5.97. The lowest BCUT2D eigenvalue weighted by molar-refractivity contribution is -0.143. The van der Waals surface area contributed by atoms with Crippen molar-refractivity contribution in [2.75, 3.05) is 19.7 Å². The molecule has 0 radical (unpaired) electrons. The van der Waals surface area contributed by atoms with Gasteiger partial charge in [-0.25, -0.2) is 0 Å². The average Bonchev–Trinajstić information content (AvgIpc) is 3.05. The minimum absolute atomic E-state index is 0.0728. The molecule has 2 aromatic rings. The Kier molecular flexibility index (Phi) is 5.25. The zero-order valence-electron chi connectivity index (χ0n) is 14.1. The van der Waals surface area contributed by atoms with Crippen molar-refractivity contribution in [1.29, 1.82) is 0 Å². The van der Waals surface area contributed by atoms with E-state index in [9.17, 15) is 4.79 Å². The number of amides is 1. The zero-order chi connectivity index (χ0) is 16.9. The molecule has 128 valence electrons. The van der Waals surface area contributed by atoms with E-state index < -0.39 is 6.10 Å². The fraction of sp³-hybridized carbons (Fsp3) is 0.500. The predicted octanol–water partition coefficient (Wildman–Crippen LogP) is 2.42. The highest BCUT2D eigenvalue weighted by atomic mass is 16.5. The molecule has 1 amide bonds. The molecule has 0 aromatic carbocycles. The Morgan fingerprint density at radius 3 is 2.96 bits per heavy atom. The van der Waals surface area contributed by atoms with Gasteiger partial charge in [0.25, 0.3) is 5.91 Å². The van der Waals surface area contributed by atoms with Crippen LogP contribution < -0.4 is 0 Å². The van der Waals surface area contributed by atoms with Gasteiger partial charge in [0.15, 0.2) is 5.65 Å². The highest BCUT2D eigenvalue weighted by molar-refractivity contribution is 5.80. The first-order valence-electron chi connectivity index (χ1n) is 8.51. The second-order valence-electron chi connectivity index (χ2n) is 6.18. The maximum atomic E-state index is 12.4. The summed E-state index contributed by atoms with van der Waals surface area (Å²) in [6, 6.07) is 5.90. The third-order valence-corrected chi connectivity index (χ3v) is 4.55. The van der Waals surface area contributed by atoms with Crippen LogP contribution >= 0.6 is 0 Å². The van der Waals surface area contributed by atoms with E-state index in [0.717, 1.165) is 43.8 Å². The molecule has 6 nitrogen and oxygen atoms in total. The molecule has 2 aromatic heterocycles. The lowest BCUT2D eigenvalue weighted by Crippen LogP contribution is -2.43. The second kappa shape index (κ2) is 7.57. The largest absolute Gasteiger partial charge is 0.368 e. The van der Waals surface area contributed by atoms with Gasteiger partial charge in [-0.15, -0.1) is 16.8 Å². The van der Waals surface area contributed by atoms with Crippen molar-refractivity contribution >= 4 is 11.6 Å². The van der Waals surface area contributed by atoms with Crippen LogP contribution in [-0.2, 0) is 9.53 Å². The first-order valence-corrected chi connectivity index (χ1v) is 8.51. The third kappa shape index (κ3) is 3.48. The van der Waals surface area contributed by atoms with E-state index in [4.69, 9.17) is 4.74 Å². The van der Waals surface area contributed by atoms with Crippen LogP contribution in [-0.4, -0.2) is 51.2 Å². The first kappa shape index (κ1) is 16.6. The number of likely N-dealkylation sites (tertiary alicyclic amines) is 1.